The van der Waals surface area contributed by atoms with Crippen LogP contribution in [-0.4, -0.2) is 39.5 Å². The number of ether oxygens (including phenoxy) is 1. The number of nitriles is 1. The van der Waals surface area contributed by atoms with Crippen LogP contribution < -0.4 is 10.9 Å². The van der Waals surface area contributed by atoms with E-state index in [9.17, 15) is 19.2 Å². The Hall–Kier alpha value is -2.93. The van der Waals surface area contributed by atoms with Crippen molar-refractivity contribution in [3.05, 3.63) is 39.7 Å². The van der Waals surface area contributed by atoms with Crippen LogP contribution in [0.2, 0.25) is 0 Å². The van der Waals surface area contributed by atoms with E-state index in [0.29, 0.717) is 29.7 Å². The fourth-order valence-corrected chi connectivity index (χ4v) is 4.35. The maximum Gasteiger partial charge on any atom is 0.407 e. The molecule has 1 N–H and O–H groups in total. The Morgan fingerprint density at radius 3 is 2.84 bits per heavy atom. The number of halogens is 1. The highest BCUT2D eigenvalue weighted by atomic mass is 32.2. The van der Waals surface area contributed by atoms with Gasteiger partial charge >= 0.3 is 6.09 Å². The molecular weight excluding hydrogens is 421 g/mol. The zero-order valence-electron chi connectivity index (χ0n) is 17.9. The first-order valence-electron chi connectivity index (χ1n) is 9.90. The fraction of sp³-hybridized carbons (Fsp3) is 0.476. The van der Waals surface area contributed by atoms with E-state index < -0.39 is 22.9 Å². The Balaban J connectivity index is 1.93. The third-order valence-electron chi connectivity index (χ3n) is 4.77. The van der Waals surface area contributed by atoms with Crippen LogP contribution in [-0.2, 0) is 16.7 Å². The quantitative estimate of drug-likeness (QED) is 0.720. The van der Waals surface area contributed by atoms with Crippen molar-refractivity contribution in [1.82, 2.24) is 19.9 Å². The third kappa shape index (κ3) is 4.88. The van der Waals surface area contributed by atoms with Gasteiger partial charge in [0.25, 0.3) is 5.56 Å². The fourth-order valence-electron chi connectivity index (χ4n) is 3.27. The molecule has 0 radical (unpaired) electrons. The smallest absolute Gasteiger partial charge is 0.407 e. The van der Waals surface area contributed by atoms with E-state index in [1.54, 1.807) is 6.92 Å². The van der Waals surface area contributed by atoms with Gasteiger partial charge in [-0.05, 0) is 13.0 Å². The molecule has 1 unspecified atom stereocenters. The molecule has 0 bridgehead atoms. The van der Waals surface area contributed by atoms with Crippen molar-refractivity contribution in [2.45, 2.75) is 44.8 Å². The van der Waals surface area contributed by atoms with E-state index in [1.807, 2.05) is 26.8 Å². The van der Waals surface area contributed by atoms with Crippen LogP contribution in [0.15, 0.2) is 22.2 Å². The molecule has 3 heterocycles. The van der Waals surface area contributed by atoms with Crippen molar-refractivity contribution >= 4 is 17.9 Å². The first kappa shape index (κ1) is 22.7. The summed E-state index contributed by atoms with van der Waals surface area (Å²) in [5.74, 6) is 0.0926. The molecule has 1 aliphatic rings. The number of alkyl carbamates (subject to hydrolysis) is 1. The van der Waals surface area contributed by atoms with Crippen molar-refractivity contribution in [3.8, 4) is 17.3 Å². The maximum atomic E-state index is 14.7. The Labute approximate surface area is 183 Å². The highest BCUT2D eigenvalue weighted by molar-refractivity contribution is 7.99. The number of amides is 1. The van der Waals surface area contributed by atoms with Gasteiger partial charge in [0, 0.05) is 41.9 Å². The molecule has 8 nitrogen and oxygen atoms in total. The van der Waals surface area contributed by atoms with Crippen LogP contribution in [0.4, 0.5) is 9.18 Å². The highest BCUT2D eigenvalue weighted by Gasteiger charge is 2.27. The topological polar surface area (TPSA) is 110 Å². The summed E-state index contributed by atoms with van der Waals surface area (Å²) in [6, 6.07) is 3.18. The molecule has 0 saturated carbocycles. The lowest BCUT2D eigenvalue weighted by Gasteiger charge is -2.25. The molecule has 2 aromatic heterocycles. The Bertz CT molecular complexity index is 1100. The van der Waals surface area contributed by atoms with Gasteiger partial charge in [-0.15, -0.1) is 0 Å². The average molecular weight is 446 g/mol. The summed E-state index contributed by atoms with van der Waals surface area (Å²) in [6.45, 7) is 8.20. The van der Waals surface area contributed by atoms with Crippen molar-refractivity contribution < 1.29 is 13.9 Å². The van der Waals surface area contributed by atoms with E-state index >= 15 is 0 Å². The predicted octanol–water partition coefficient (Wildman–Crippen LogP) is 3.08. The van der Waals surface area contributed by atoms with Gasteiger partial charge in [-0.3, -0.25) is 14.3 Å². The van der Waals surface area contributed by atoms with Crippen LogP contribution in [0.1, 0.15) is 39.0 Å². The van der Waals surface area contributed by atoms with Gasteiger partial charge in [0.1, 0.15) is 17.4 Å². The van der Waals surface area contributed by atoms with E-state index in [4.69, 9.17) is 4.74 Å². The number of hydrogen-bond donors (Lipinski definition) is 1. The second-order valence-corrected chi connectivity index (χ2v) is 9.22. The van der Waals surface area contributed by atoms with Gasteiger partial charge in [0.05, 0.1) is 18.0 Å². The molecule has 1 atom stereocenters. The molecule has 0 saturated heterocycles. The van der Waals surface area contributed by atoms with Crippen molar-refractivity contribution in [3.63, 3.8) is 0 Å². The van der Waals surface area contributed by atoms with Gasteiger partial charge in [-0.2, -0.15) is 5.26 Å². The van der Waals surface area contributed by atoms with E-state index in [1.165, 1.54) is 28.6 Å². The lowest BCUT2D eigenvalue weighted by atomic mass is 9.90. The minimum absolute atomic E-state index is 0.0241. The molecule has 0 aromatic carbocycles. The highest BCUT2D eigenvalue weighted by Crippen LogP contribution is 2.30. The van der Waals surface area contributed by atoms with Gasteiger partial charge in [-0.1, -0.05) is 32.5 Å². The monoisotopic (exact) mass is 445 g/mol. The second-order valence-electron chi connectivity index (χ2n) is 8.23. The largest absolute Gasteiger partial charge is 0.450 e. The number of aromatic nitrogens is 3. The van der Waals surface area contributed by atoms with E-state index in [2.05, 4.69) is 15.3 Å². The molecule has 0 spiro atoms. The van der Waals surface area contributed by atoms with Gasteiger partial charge in [0.2, 0.25) is 0 Å². The summed E-state index contributed by atoms with van der Waals surface area (Å²) < 4.78 is 20.9. The van der Waals surface area contributed by atoms with Gasteiger partial charge in [-0.25, -0.2) is 14.2 Å². The summed E-state index contributed by atoms with van der Waals surface area (Å²) in [5.41, 5.74) is -0.415. The average Bonchev–Trinajstić information content (AvgIpc) is 2.71. The normalized spacial score (nSPS) is 15.7. The number of hydrogen-bond acceptors (Lipinski definition) is 7. The summed E-state index contributed by atoms with van der Waals surface area (Å²) >= 11 is 1.35. The number of pyridine rings is 1. The van der Waals surface area contributed by atoms with Crippen LogP contribution in [0.3, 0.4) is 0 Å². The van der Waals surface area contributed by atoms with Crippen molar-refractivity contribution in [1.29, 1.82) is 5.26 Å². The number of rotatable bonds is 4. The number of thioether (sulfide) groups is 1. The molecule has 2 aromatic rings. The van der Waals surface area contributed by atoms with Crippen LogP contribution in [0.5, 0.6) is 0 Å². The number of carbonyl (C=O) groups is 1. The Kier molecular flexibility index (Phi) is 6.65. The SMILES string of the molecule is CCOC(=O)NCC1CSc2nc(-c3cnc(C(C)(C)C)c(F)c3)c(C#N)c(=O)n2C1. The molecule has 164 valence electrons. The molecule has 0 fully saturated rings. The maximum absolute atomic E-state index is 14.7. The summed E-state index contributed by atoms with van der Waals surface area (Å²) in [6.07, 6.45) is 0.938. The minimum Gasteiger partial charge on any atom is -0.450 e. The van der Waals surface area contributed by atoms with Gasteiger partial charge in [0.15, 0.2) is 5.16 Å². The van der Waals surface area contributed by atoms with Crippen molar-refractivity contribution in [2.24, 2.45) is 5.92 Å². The minimum atomic E-state index is -0.509. The number of fused-ring (bicyclic) bond motifs is 1. The standard InChI is InChI=1S/C21H24FN5O3S/c1-5-30-20(29)25-8-12-10-27-18(28)14(7-23)16(26-19(27)31-11-12)13-6-15(22)17(24-9-13)21(2,3)4/h6,9,12H,5,8,10-11H2,1-4H3,(H,25,29). The van der Waals surface area contributed by atoms with E-state index in [0.717, 1.165) is 0 Å². The molecule has 31 heavy (non-hydrogen) atoms. The molecule has 3 rings (SSSR count). The van der Waals surface area contributed by atoms with Crippen molar-refractivity contribution in [2.75, 3.05) is 18.9 Å². The third-order valence-corrected chi connectivity index (χ3v) is 5.98. The Morgan fingerprint density at radius 1 is 1.48 bits per heavy atom. The van der Waals surface area contributed by atoms with E-state index in [-0.39, 0.29) is 29.3 Å². The Morgan fingerprint density at radius 2 is 2.23 bits per heavy atom. The lowest BCUT2D eigenvalue weighted by Crippen LogP contribution is -2.38. The molecule has 0 aliphatic carbocycles. The van der Waals surface area contributed by atoms with Crippen LogP contribution in [0, 0.1) is 23.1 Å². The van der Waals surface area contributed by atoms with Crippen LogP contribution >= 0.6 is 11.8 Å². The zero-order chi connectivity index (χ0) is 22.8. The predicted molar refractivity (Wildman–Crippen MR) is 114 cm³/mol. The zero-order valence-corrected chi connectivity index (χ0v) is 18.7. The number of nitrogens with zero attached hydrogens (tertiary/aromatic N) is 4. The molecular formula is C21H24FN5O3S. The molecule has 10 heteroatoms. The number of carbonyl (C=O) groups excluding carboxylic acids is 1. The molecule has 1 aliphatic heterocycles. The van der Waals surface area contributed by atoms with Crippen LogP contribution in [0.25, 0.3) is 11.3 Å². The second kappa shape index (κ2) is 9.06. The lowest BCUT2D eigenvalue weighted by molar-refractivity contribution is 0.150. The summed E-state index contributed by atoms with van der Waals surface area (Å²) in [5, 5.41) is 12.7. The van der Waals surface area contributed by atoms with Gasteiger partial charge < -0.3 is 10.1 Å². The number of nitrogens with one attached hydrogen (secondary N) is 1. The first-order valence-corrected chi connectivity index (χ1v) is 10.9. The first-order chi connectivity index (χ1) is 14.7. The molecule has 1 amide bonds. The summed E-state index contributed by atoms with van der Waals surface area (Å²) in [7, 11) is 0. The summed E-state index contributed by atoms with van der Waals surface area (Å²) in [4.78, 5) is 33.2.